The number of hydrogen-bond donors (Lipinski definition) is 1. The highest BCUT2D eigenvalue weighted by Gasteiger charge is 2.34. The maximum Gasteiger partial charge on any atom is 0.283 e. The molecule has 98 valence electrons. The molecule has 0 radical (unpaired) electrons. The van der Waals surface area contributed by atoms with Gasteiger partial charge in [-0.05, 0) is 46.3 Å². The standard InChI is InChI=1S/C13H17BrN2O2/c1-13(2)7-3-4-12(13)15-9-5-6-11(16(17)18)10(14)8-9/h5-6,8,12,15H,3-4,7H2,1-2H3. The summed E-state index contributed by atoms with van der Waals surface area (Å²) in [6, 6.07) is 5.53. The van der Waals surface area contributed by atoms with Crippen molar-refractivity contribution in [3.05, 3.63) is 32.8 Å². The largest absolute Gasteiger partial charge is 0.382 e. The first-order valence-electron chi connectivity index (χ1n) is 6.10. The van der Waals surface area contributed by atoms with E-state index in [1.165, 1.54) is 18.9 Å². The van der Waals surface area contributed by atoms with Gasteiger partial charge in [0.05, 0.1) is 9.40 Å². The first-order chi connectivity index (χ1) is 8.40. The minimum absolute atomic E-state index is 0.103. The molecule has 4 nitrogen and oxygen atoms in total. The maximum atomic E-state index is 10.7. The van der Waals surface area contributed by atoms with Crippen LogP contribution in [0.15, 0.2) is 22.7 Å². The monoisotopic (exact) mass is 312 g/mol. The highest BCUT2D eigenvalue weighted by molar-refractivity contribution is 9.10. The van der Waals surface area contributed by atoms with E-state index in [0.717, 1.165) is 12.1 Å². The number of nitrogens with zero attached hydrogens (tertiary/aromatic N) is 1. The highest BCUT2D eigenvalue weighted by atomic mass is 79.9. The lowest BCUT2D eigenvalue weighted by atomic mass is 9.87. The summed E-state index contributed by atoms with van der Waals surface area (Å²) in [5.74, 6) is 0. The average Bonchev–Trinajstić information content (AvgIpc) is 2.58. The van der Waals surface area contributed by atoms with E-state index in [-0.39, 0.29) is 16.0 Å². The van der Waals surface area contributed by atoms with E-state index < -0.39 is 0 Å². The molecule has 1 aromatic rings. The van der Waals surface area contributed by atoms with E-state index in [0.29, 0.717) is 10.5 Å². The van der Waals surface area contributed by atoms with Crippen molar-refractivity contribution in [2.24, 2.45) is 5.41 Å². The average molecular weight is 313 g/mol. The van der Waals surface area contributed by atoms with Crippen LogP contribution in [0, 0.1) is 15.5 Å². The number of nitro benzene ring substituents is 1. The van der Waals surface area contributed by atoms with E-state index in [1.807, 2.05) is 0 Å². The van der Waals surface area contributed by atoms with Gasteiger partial charge in [0.1, 0.15) is 0 Å². The van der Waals surface area contributed by atoms with Crippen LogP contribution in [0.5, 0.6) is 0 Å². The Morgan fingerprint density at radius 3 is 2.72 bits per heavy atom. The van der Waals surface area contributed by atoms with E-state index in [9.17, 15) is 10.1 Å². The van der Waals surface area contributed by atoms with Gasteiger partial charge in [-0.15, -0.1) is 0 Å². The first-order valence-corrected chi connectivity index (χ1v) is 6.90. The molecule has 0 heterocycles. The molecule has 1 atom stereocenters. The van der Waals surface area contributed by atoms with Crippen molar-refractivity contribution >= 4 is 27.3 Å². The Morgan fingerprint density at radius 2 is 2.22 bits per heavy atom. The quantitative estimate of drug-likeness (QED) is 0.667. The fraction of sp³-hybridized carbons (Fsp3) is 0.538. The fourth-order valence-corrected chi connectivity index (χ4v) is 3.06. The zero-order chi connectivity index (χ0) is 13.3. The Bertz CT molecular complexity index is 474. The molecule has 18 heavy (non-hydrogen) atoms. The lowest BCUT2D eigenvalue weighted by Crippen LogP contribution is -2.30. The third kappa shape index (κ3) is 2.66. The van der Waals surface area contributed by atoms with Crippen molar-refractivity contribution in [1.29, 1.82) is 0 Å². The van der Waals surface area contributed by atoms with E-state index >= 15 is 0 Å². The summed E-state index contributed by atoms with van der Waals surface area (Å²) < 4.78 is 0.522. The van der Waals surface area contributed by atoms with Crippen LogP contribution in [0.4, 0.5) is 11.4 Å². The lowest BCUT2D eigenvalue weighted by Gasteiger charge is -2.28. The molecule has 0 amide bonds. The zero-order valence-corrected chi connectivity index (χ0v) is 12.2. The molecule has 1 aromatic carbocycles. The zero-order valence-electron chi connectivity index (χ0n) is 10.6. The van der Waals surface area contributed by atoms with Gasteiger partial charge in [-0.1, -0.05) is 20.3 Å². The maximum absolute atomic E-state index is 10.7. The van der Waals surface area contributed by atoms with Crippen LogP contribution in [0.2, 0.25) is 0 Å². The molecule has 1 saturated carbocycles. The second-order valence-electron chi connectivity index (χ2n) is 5.50. The van der Waals surface area contributed by atoms with Crippen LogP contribution in [-0.2, 0) is 0 Å². The molecule has 2 rings (SSSR count). The summed E-state index contributed by atoms with van der Waals surface area (Å²) in [6.45, 7) is 4.52. The van der Waals surface area contributed by atoms with Crippen LogP contribution in [0.25, 0.3) is 0 Å². The van der Waals surface area contributed by atoms with Crippen LogP contribution in [0.3, 0.4) is 0 Å². The van der Waals surface area contributed by atoms with Crippen LogP contribution in [-0.4, -0.2) is 11.0 Å². The van der Waals surface area contributed by atoms with Crippen LogP contribution >= 0.6 is 15.9 Å². The molecule has 5 heteroatoms. The molecule has 1 unspecified atom stereocenters. The number of halogens is 1. The normalized spacial score (nSPS) is 21.8. The number of anilines is 1. The third-order valence-electron chi connectivity index (χ3n) is 3.74. The smallest absolute Gasteiger partial charge is 0.283 e. The molecule has 0 aromatic heterocycles. The fourth-order valence-electron chi connectivity index (χ4n) is 2.54. The number of hydrogen-bond acceptors (Lipinski definition) is 3. The Hall–Kier alpha value is -1.10. The Morgan fingerprint density at radius 1 is 1.50 bits per heavy atom. The third-order valence-corrected chi connectivity index (χ3v) is 4.38. The summed E-state index contributed by atoms with van der Waals surface area (Å²) in [7, 11) is 0. The van der Waals surface area contributed by atoms with Gasteiger partial charge in [-0.3, -0.25) is 10.1 Å². The molecule has 1 fully saturated rings. The number of benzene rings is 1. The van der Waals surface area contributed by atoms with Gasteiger partial charge >= 0.3 is 0 Å². The van der Waals surface area contributed by atoms with Crippen molar-refractivity contribution in [3.63, 3.8) is 0 Å². The second kappa shape index (κ2) is 4.88. The second-order valence-corrected chi connectivity index (χ2v) is 6.36. The van der Waals surface area contributed by atoms with Crippen molar-refractivity contribution in [1.82, 2.24) is 0 Å². The Balaban J connectivity index is 2.16. The molecular formula is C13H17BrN2O2. The molecular weight excluding hydrogens is 296 g/mol. The SMILES string of the molecule is CC1(C)CCCC1Nc1ccc([N+](=O)[O-])c(Br)c1. The number of nitrogens with one attached hydrogen (secondary N) is 1. The molecule has 1 aliphatic rings. The molecule has 0 aliphatic heterocycles. The van der Waals surface area contributed by atoms with Gasteiger partial charge in [0, 0.05) is 17.8 Å². The van der Waals surface area contributed by atoms with Crippen LogP contribution < -0.4 is 5.32 Å². The first kappa shape index (κ1) is 13.3. The minimum atomic E-state index is -0.382. The van der Waals surface area contributed by atoms with Crippen molar-refractivity contribution in [3.8, 4) is 0 Å². The van der Waals surface area contributed by atoms with E-state index in [2.05, 4.69) is 35.1 Å². The van der Waals surface area contributed by atoms with Gasteiger partial charge in [0.25, 0.3) is 5.69 Å². The minimum Gasteiger partial charge on any atom is -0.382 e. The van der Waals surface area contributed by atoms with E-state index in [1.54, 1.807) is 12.1 Å². The molecule has 0 bridgehead atoms. The summed E-state index contributed by atoms with van der Waals surface area (Å²) >= 11 is 3.24. The molecule has 0 saturated heterocycles. The van der Waals surface area contributed by atoms with Gasteiger partial charge in [0.2, 0.25) is 0 Å². The Labute approximate surface area is 115 Å². The highest BCUT2D eigenvalue weighted by Crippen LogP contribution is 2.39. The van der Waals surface area contributed by atoms with Gasteiger partial charge in [-0.25, -0.2) is 0 Å². The number of nitro groups is 1. The van der Waals surface area contributed by atoms with Crippen molar-refractivity contribution in [2.45, 2.75) is 39.2 Å². The van der Waals surface area contributed by atoms with Crippen LogP contribution in [0.1, 0.15) is 33.1 Å². The predicted molar refractivity (Wildman–Crippen MR) is 75.8 cm³/mol. The predicted octanol–water partition coefficient (Wildman–Crippen LogP) is 4.35. The summed E-state index contributed by atoms with van der Waals surface area (Å²) in [5.41, 5.74) is 1.33. The molecule has 0 spiro atoms. The van der Waals surface area contributed by atoms with Crippen molar-refractivity contribution < 1.29 is 4.92 Å². The van der Waals surface area contributed by atoms with Crippen molar-refractivity contribution in [2.75, 3.05) is 5.32 Å². The van der Waals surface area contributed by atoms with Gasteiger partial charge in [0.15, 0.2) is 0 Å². The summed E-state index contributed by atoms with van der Waals surface area (Å²) in [5, 5.41) is 14.2. The lowest BCUT2D eigenvalue weighted by molar-refractivity contribution is -0.385. The van der Waals surface area contributed by atoms with E-state index in [4.69, 9.17) is 0 Å². The van der Waals surface area contributed by atoms with Gasteiger partial charge < -0.3 is 5.32 Å². The number of rotatable bonds is 3. The Kier molecular flexibility index (Phi) is 3.61. The summed E-state index contributed by atoms with van der Waals surface area (Å²) in [6.07, 6.45) is 3.61. The summed E-state index contributed by atoms with van der Waals surface area (Å²) in [4.78, 5) is 10.4. The topological polar surface area (TPSA) is 55.2 Å². The molecule has 1 N–H and O–H groups in total. The molecule has 1 aliphatic carbocycles. The van der Waals surface area contributed by atoms with Gasteiger partial charge in [-0.2, -0.15) is 0 Å².